The minimum absolute atomic E-state index is 0.676. The molecule has 0 aromatic carbocycles. The largest absolute Gasteiger partial charge is 0.316 e. The molecule has 0 saturated heterocycles. The molecule has 1 aromatic rings. The standard InChI is InChI=1S/C15H28BrN3/c1-6-12(10-17-9-11(3)4)8-14-15(16)13(7-2)18-19(14)5/h11-12,17H,6-10H2,1-5H3. The molecular weight excluding hydrogens is 302 g/mol. The molecule has 1 aromatic heterocycles. The first-order chi connectivity index (χ1) is 8.99. The van der Waals surface area contributed by atoms with Crippen LogP contribution in [0.4, 0.5) is 0 Å². The molecule has 19 heavy (non-hydrogen) atoms. The van der Waals surface area contributed by atoms with Gasteiger partial charge in [-0.05, 0) is 53.7 Å². The predicted molar refractivity (Wildman–Crippen MR) is 85.5 cm³/mol. The van der Waals surface area contributed by atoms with Gasteiger partial charge >= 0.3 is 0 Å². The third-order valence-corrected chi connectivity index (χ3v) is 4.46. The normalized spacial score (nSPS) is 13.2. The molecule has 0 aliphatic heterocycles. The van der Waals surface area contributed by atoms with Crippen molar-refractivity contribution in [2.24, 2.45) is 18.9 Å². The average Bonchev–Trinajstić information content (AvgIpc) is 2.64. The van der Waals surface area contributed by atoms with Gasteiger partial charge in [-0.1, -0.05) is 34.1 Å². The Bertz CT molecular complexity index is 385. The molecule has 0 aliphatic rings. The van der Waals surface area contributed by atoms with Crippen molar-refractivity contribution in [3.8, 4) is 0 Å². The Morgan fingerprint density at radius 1 is 1.26 bits per heavy atom. The van der Waals surface area contributed by atoms with Crippen LogP contribution in [0.2, 0.25) is 0 Å². The van der Waals surface area contributed by atoms with E-state index in [9.17, 15) is 0 Å². The molecule has 0 saturated carbocycles. The molecule has 0 aliphatic carbocycles. The minimum Gasteiger partial charge on any atom is -0.316 e. The van der Waals surface area contributed by atoms with E-state index in [1.54, 1.807) is 0 Å². The first kappa shape index (κ1) is 16.7. The molecule has 0 radical (unpaired) electrons. The number of aryl methyl sites for hydroxylation is 2. The number of rotatable bonds is 8. The van der Waals surface area contributed by atoms with Crippen LogP contribution in [-0.4, -0.2) is 22.9 Å². The number of nitrogens with one attached hydrogen (secondary N) is 1. The summed E-state index contributed by atoms with van der Waals surface area (Å²) in [6, 6.07) is 0. The van der Waals surface area contributed by atoms with Crippen LogP contribution in [0.15, 0.2) is 4.47 Å². The van der Waals surface area contributed by atoms with Gasteiger partial charge in [0.25, 0.3) is 0 Å². The van der Waals surface area contributed by atoms with Gasteiger partial charge < -0.3 is 5.32 Å². The SMILES string of the molecule is CCc1nn(C)c(CC(CC)CNCC(C)C)c1Br. The van der Waals surface area contributed by atoms with Gasteiger partial charge in [0, 0.05) is 7.05 Å². The maximum absolute atomic E-state index is 4.57. The number of halogens is 1. The van der Waals surface area contributed by atoms with Gasteiger partial charge in [-0.2, -0.15) is 5.10 Å². The molecule has 1 unspecified atom stereocenters. The molecule has 0 spiro atoms. The van der Waals surface area contributed by atoms with E-state index in [1.807, 2.05) is 11.7 Å². The van der Waals surface area contributed by atoms with Crippen molar-refractivity contribution < 1.29 is 0 Å². The van der Waals surface area contributed by atoms with E-state index in [-0.39, 0.29) is 0 Å². The zero-order chi connectivity index (χ0) is 14.4. The lowest BCUT2D eigenvalue weighted by atomic mass is 9.99. The van der Waals surface area contributed by atoms with Crippen molar-refractivity contribution in [1.82, 2.24) is 15.1 Å². The molecule has 1 heterocycles. The fourth-order valence-corrected chi connectivity index (χ4v) is 3.03. The lowest BCUT2D eigenvalue weighted by molar-refractivity contribution is 0.428. The van der Waals surface area contributed by atoms with Gasteiger partial charge in [-0.25, -0.2) is 0 Å². The van der Waals surface area contributed by atoms with Crippen molar-refractivity contribution in [3.05, 3.63) is 15.9 Å². The van der Waals surface area contributed by atoms with Gasteiger partial charge in [0.2, 0.25) is 0 Å². The van der Waals surface area contributed by atoms with E-state index in [2.05, 4.69) is 54.0 Å². The Kier molecular flexibility index (Phi) is 7.08. The summed E-state index contributed by atoms with van der Waals surface area (Å²) in [5.41, 5.74) is 2.50. The Labute approximate surface area is 126 Å². The summed E-state index contributed by atoms with van der Waals surface area (Å²) in [6.07, 6.45) is 3.27. The Morgan fingerprint density at radius 2 is 1.95 bits per heavy atom. The van der Waals surface area contributed by atoms with E-state index in [0.717, 1.165) is 25.9 Å². The summed E-state index contributed by atoms with van der Waals surface area (Å²) in [7, 11) is 2.05. The van der Waals surface area contributed by atoms with Crippen LogP contribution in [-0.2, 0) is 19.9 Å². The van der Waals surface area contributed by atoms with Crippen molar-refractivity contribution in [2.45, 2.75) is 47.0 Å². The van der Waals surface area contributed by atoms with Gasteiger partial charge in [-0.15, -0.1) is 0 Å². The second-order valence-corrected chi connectivity index (χ2v) is 6.51. The topological polar surface area (TPSA) is 29.9 Å². The van der Waals surface area contributed by atoms with Crippen LogP contribution in [0.25, 0.3) is 0 Å². The van der Waals surface area contributed by atoms with Gasteiger partial charge in [0.1, 0.15) is 0 Å². The van der Waals surface area contributed by atoms with Crippen LogP contribution < -0.4 is 5.32 Å². The zero-order valence-corrected chi connectivity index (χ0v) is 14.5. The second kappa shape index (κ2) is 8.05. The summed E-state index contributed by atoms with van der Waals surface area (Å²) in [5.74, 6) is 1.39. The first-order valence-electron chi connectivity index (χ1n) is 7.40. The van der Waals surface area contributed by atoms with Crippen molar-refractivity contribution in [1.29, 1.82) is 0 Å². The molecule has 1 N–H and O–H groups in total. The highest BCUT2D eigenvalue weighted by atomic mass is 79.9. The molecule has 1 rings (SSSR count). The third kappa shape index (κ3) is 4.92. The van der Waals surface area contributed by atoms with E-state index >= 15 is 0 Å². The predicted octanol–water partition coefficient (Wildman–Crippen LogP) is 3.56. The quantitative estimate of drug-likeness (QED) is 0.790. The highest BCUT2D eigenvalue weighted by molar-refractivity contribution is 9.10. The molecule has 3 nitrogen and oxygen atoms in total. The zero-order valence-electron chi connectivity index (χ0n) is 13.0. The molecule has 1 atom stereocenters. The highest BCUT2D eigenvalue weighted by Gasteiger charge is 2.16. The molecule has 0 amide bonds. The smallest absolute Gasteiger partial charge is 0.0766 e. The highest BCUT2D eigenvalue weighted by Crippen LogP contribution is 2.24. The Hall–Kier alpha value is -0.350. The lowest BCUT2D eigenvalue weighted by Crippen LogP contribution is -2.27. The van der Waals surface area contributed by atoms with Gasteiger partial charge in [-0.3, -0.25) is 4.68 Å². The monoisotopic (exact) mass is 329 g/mol. The van der Waals surface area contributed by atoms with Gasteiger partial charge in [0.05, 0.1) is 15.9 Å². The number of aromatic nitrogens is 2. The number of hydrogen-bond acceptors (Lipinski definition) is 2. The number of hydrogen-bond donors (Lipinski definition) is 1. The molecule has 0 bridgehead atoms. The summed E-state index contributed by atoms with van der Waals surface area (Å²) >= 11 is 3.71. The van der Waals surface area contributed by atoms with Crippen molar-refractivity contribution in [2.75, 3.05) is 13.1 Å². The maximum atomic E-state index is 4.57. The van der Waals surface area contributed by atoms with E-state index in [1.165, 1.54) is 22.3 Å². The van der Waals surface area contributed by atoms with E-state index in [4.69, 9.17) is 0 Å². The average molecular weight is 330 g/mol. The van der Waals surface area contributed by atoms with Crippen LogP contribution in [0.5, 0.6) is 0 Å². The summed E-state index contributed by atoms with van der Waals surface area (Å²) < 4.78 is 3.24. The fourth-order valence-electron chi connectivity index (χ4n) is 2.25. The first-order valence-corrected chi connectivity index (χ1v) is 8.19. The Morgan fingerprint density at radius 3 is 2.42 bits per heavy atom. The van der Waals surface area contributed by atoms with E-state index < -0.39 is 0 Å². The molecule has 110 valence electrons. The molecule has 0 fully saturated rings. The Balaban J connectivity index is 2.62. The van der Waals surface area contributed by atoms with Crippen LogP contribution in [0, 0.1) is 11.8 Å². The number of nitrogens with zero attached hydrogens (tertiary/aromatic N) is 2. The van der Waals surface area contributed by atoms with Crippen molar-refractivity contribution >= 4 is 15.9 Å². The maximum Gasteiger partial charge on any atom is 0.0766 e. The summed E-state index contributed by atoms with van der Waals surface area (Å²) in [6.45, 7) is 11.1. The van der Waals surface area contributed by atoms with Crippen LogP contribution in [0.1, 0.15) is 45.5 Å². The van der Waals surface area contributed by atoms with Gasteiger partial charge in [0.15, 0.2) is 0 Å². The van der Waals surface area contributed by atoms with Crippen LogP contribution in [0.3, 0.4) is 0 Å². The summed E-state index contributed by atoms with van der Waals surface area (Å²) in [4.78, 5) is 0. The van der Waals surface area contributed by atoms with Crippen LogP contribution >= 0.6 is 15.9 Å². The van der Waals surface area contributed by atoms with Crippen molar-refractivity contribution in [3.63, 3.8) is 0 Å². The minimum atomic E-state index is 0.676. The fraction of sp³-hybridized carbons (Fsp3) is 0.800. The van der Waals surface area contributed by atoms with E-state index in [0.29, 0.717) is 11.8 Å². The second-order valence-electron chi connectivity index (χ2n) is 5.72. The summed E-state index contributed by atoms with van der Waals surface area (Å²) in [5, 5.41) is 8.14. The molecular formula is C15H28BrN3. The third-order valence-electron chi connectivity index (χ3n) is 3.55. The lowest BCUT2D eigenvalue weighted by Gasteiger charge is -2.17. The molecule has 4 heteroatoms.